The van der Waals surface area contributed by atoms with Gasteiger partial charge >= 0.3 is 19.5 Å². The van der Waals surface area contributed by atoms with Crippen molar-refractivity contribution in [1.29, 1.82) is 0 Å². The number of carbonyl (C=O) groups is 3. The van der Waals surface area contributed by atoms with Crippen LogP contribution in [0.4, 0.5) is 5.69 Å². The first-order chi connectivity index (χ1) is 12.1. The van der Waals surface area contributed by atoms with Crippen LogP contribution in [0.15, 0.2) is 24.3 Å². The van der Waals surface area contributed by atoms with Gasteiger partial charge in [-0.2, -0.15) is 0 Å². The molecule has 1 amide bonds. The lowest BCUT2D eigenvalue weighted by Crippen LogP contribution is -2.20. The van der Waals surface area contributed by atoms with Gasteiger partial charge < -0.3 is 24.9 Å². The third kappa shape index (κ3) is 8.75. The second-order valence-corrected chi connectivity index (χ2v) is 7.65. The van der Waals surface area contributed by atoms with Gasteiger partial charge in [0.05, 0.1) is 18.7 Å². The lowest BCUT2D eigenvalue weighted by Gasteiger charge is -2.16. The number of aliphatic carboxylic acids is 2. The van der Waals surface area contributed by atoms with E-state index in [1.807, 2.05) is 0 Å². The van der Waals surface area contributed by atoms with Gasteiger partial charge in [-0.15, -0.1) is 0 Å². The van der Waals surface area contributed by atoms with E-state index in [2.05, 4.69) is 5.32 Å². The van der Waals surface area contributed by atoms with Gasteiger partial charge in [0.2, 0.25) is 5.91 Å². The minimum Gasteiger partial charge on any atom is -0.481 e. The Kier molecular flexibility index (Phi) is 8.44. The van der Waals surface area contributed by atoms with Gasteiger partial charge in [0.1, 0.15) is 0 Å². The number of nitrogens with one attached hydrogen (secondary N) is 1. The molecule has 0 aromatic heterocycles. The van der Waals surface area contributed by atoms with Crippen molar-refractivity contribution < 1.29 is 38.6 Å². The van der Waals surface area contributed by atoms with Crippen molar-refractivity contribution in [1.82, 2.24) is 0 Å². The fourth-order valence-corrected chi connectivity index (χ4v) is 3.56. The molecule has 10 heteroatoms. The Balaban J connectivity index is 2.51. The van der Waals surface area contributed by atoms with E-state index < -0.39 is 38.0 Å². The zero-order valence-corrected chi connectivity index (χ0v) is 15.1. The average molecular weight is 387 g/mol. The van der Waals surface area contributed by atoms with E-state index in [-0.39, 0.29) is 18.9 Å². The van der Waals surface area contributed by atoms with Crippen molar-refractivity contribution in [3.8, 4) is 0 Å². The van der Waals surface area contributed by atoms with Crippen molar-refractivity contribution in [3.05, 3.63) is 29.8 Å². The second kappa shape index (κ2) is 10.1. The topological polar surface area (TPSA) is 150 Å². The van der Waals surface area contributed by atoms with Crippen LogP contribution in [0.25, 0.3) is 0 Å². The van der Waals surface area contributed by atoms with E-state index in [0.29, 0.717) is 12.1 Å². The molecular weight excluding hydrogens is 365 g/mol. The smallest absolute Gasteiger partial charge is 0.328 e. The molecule has 2 atom stereocenters. The summed E-state index contributed by atoms with van der Waals surface area (Å²) in [7, 11) is -4.16. The van der Waals surface area contributed by atoms with Crippen LogP contribution >= 0.6 is 7.60 Å². The van der Waals surface area contributed by atoms with Gasteiger partial charge in [-0.3, -0.25) is 18.9 Å². The summed E-state index contributed by atoms with van der Waals surface area (Å²) in [6.07, 6.45) is -0.977. The van der Waals surface area contributed by atoms with Crippen molar-refractivity contribution in [2.24, 2.45) is 5.92 Å². The molecule has 1 rings (SSSR count). The minimum atomic E-state index is -4.16. The van der Waals surface area contributed by atoms with Gasteiger partial charge in [-0.05, 0) is 30.5 Å². The normalized spacial score (nSPS) is 14.2. The van der Waals surface area contributed by atoms with Crippen LogP contribution in [0.2, 0.25) is 0 Å². The molecule has 4 N–H and O–H groups in total. The maximum Gasteiger partial charge on any atom is 0.328 e. The average Bonchev–Trinajstić information content (AvgIpc) is 2.52. The largest absolute Gasteiger partial charge is 0.481 e. The highest BCUT2D eigenvalue weighted by atomic mass is 31.2. The highest BCUT2D eigenvalue weighted by Crippen LogP contribution is 2.44. The predicted molar refractivity (Wildman–Crippen MR) is 93.1 cm³/mol. The van der Waals surface area contributed by atoms with Gasteiger partial charge in [-0.1, -0.05) is 12.1 Å². The Morgan fingerprint density at radius 1 is 1.19 bits per heavy atom. The molecule has 26 heavy (non-hydrogen) atoms. The number of carbonyl (C=O) groups excluding carboxylic acids is 1. The Hall–Kier alpha value is -2.22. The Morgan fingerprint density at radius 3 is 2.31 bits per heavy atom. The van der Waals surface area contributed by atoms with E-state index in [1.54, 1.807) is 24.3 Å². The zero-order chi connectivity index (χ0) is 19.7. The van der Waals surface area contributed by atoms with Crippen molar-refractivity contribution in [2.75, 3.05) is 18.1 Å². The van der Waals surface area contributed by atoms with Gasteiger partial charge in [-0.25, -0.2) is 0 Å². The first kappa shape index (κ1) is 21.8. The second-order valence-electron chi connectivity index (χ2n) is 5.75. The quantitative estimate of drug-likeness (QED) is 0.421. The Bertz CT molecular complexity index is 688. The number of amides is 1. The van der Waals surface area contributed by atoms with Gasteiger partial charge in [0, 0.05) is 19.0 Å². The number of anilines is 1. The van der Waals surface area contributed by atoms with Crippen LogP contribution < -0.4 is 5.32 Å². The fraction of sp³-hybridized carbons (Fsp3) is 0.438. The summed E-state index contributed by atoms with van der Waals surface area (Å²) in [4.78, 5) is 42.3. The third-order valence-electron chi connectivity index (χ3n) is 3.47. The highest BCUT2D eigenvalue weighted by molar-refractivity contribution is 7.52. The first-order valence-electron chi connectivity index (χ1n) is 7.86. The van der Waals surface area contributed by atoms with E-state index in [9.17, 15) is 23.8 Å². The maximum absolute atomic E-state index is 12.0. The number of hydrogen-bond donors (Lipinski definition) is 4. The van der Waals surface area contributed by atoms with Crippen molar-refractivity contribution >= 4 is 31.1 Å². The highest BCUT2D eigenvalue weighted by Gasteiger charge is 2.30. The monoisotopic (exact) mass is 387 g/mol. The number of hydrogen-bond acceptors (Lipinski definition) is 5. The lowest BCUT2D eigenvalue weighted by atomic mass is 10.1. The first-order valence-corrected chi connectivity index (χ1v) is 9.63. The van der Waals surface area contributed by atoms with E-state index in [1.165, 1.54) is 6.92 Å². The molecule has 0 saturated heterocycles. The summed E-state index contributed by atoms with van der Waals surface area (Å²) < 4.78 is 17.0. The van der Waals surface area contributed by atoms with Crippen LogP contribution in [0.3, 0.4) is 0 Å². The van der Waals surface area contributed by atoms with Gasteiger partial charge in [0.15, 0.2) is 0 Å². The molecule has 0 radical (unpaired) electrons. The van der Waals surface area contributed by atoms with Gasteiger partial charge in [0.25, 0.3) is 0 Å². The lowest BCUT2D eigenvalue weighted by molar-refractivity contribution is -0.142. The third-order valence-corrected chi connectivity index (χ3v) is 4.95. The molecule has 0 aliphatic carbocycles. The molecule has 0 bridgehead atoms. The SMILES string of the molecule is CC(=O)Nc1ccc(CCOP(=O)(O)C[C@@H](CCC(=O)O)C(=O)O)cc1. The van der Waals surface area contributed by atoms with Crippen LogP contribution in [0.1, 0.15) is 25.3 Å². The molecule has 1 unspecified atom stereocenters. The number of carboxylic acid groups (broad SMARTS) is 2. The van der Waals surface area contributed by atoms with Crippen molar-refractivity contribution in [2.45, 2.75) is 26.2 Å². The molecule has 0 heterocycles. The fourth-order valence-electron chi connectivity index (χ4n) is 2.19. The molecule has 0 spiro atoms. The van der Waals surface area contributed by atoms with Crippen LogP contribution in [0.5, 0.6) is 0 Å². The summed E-state index contributed by atoms with van der Waals surface area (Å²) in [5.74, 6) is -3.97. The molecule has 9 nitrogen and oxygen atoms in total. The summed E-state index contributed by atoms with van der Waals surface area (Å²) in [5.41, 5.74) is 1.43. The minimum absolute atomic E-state index is 0.0987. The maximum atomic E-state index is 12.0. The van der Waals surface area contributed by atoms with Crippen LogP contribution in [0, 0.1) is 5.92 Å². The molecule has 0 saturated carbocycles. The number of rotatable bonds is 11. The zero-order valence-electron chi connectivity index (χ0n) is 14.3. The summed E-state index contributed by atoms with van der Waals surface area (Å²) in [6, 6.07) is 6.82. The predicted octanol–water partition coefficient (Wildman–Crippen LogP) is 1.96. The summed E-state index contributed by atoms with van der Waals surface area (Å²) in [6.45, 7) is 1.29. The van der Waals surface area contributed by atoms with Crippen LogP contribution in [-0.4, -0.2) is 45.7 Å². The molecule has 144 valence electrons. The van der Waals surface area contributed by atoms with E-state index in [4.69, 9.17) is 14.7 Å². The summed E-state index contributed by atoms with van der Waals surface area (Å²) >= 11 is 0. The van der Waals surface area contributed by atoms with Crippen LogP contribution in [-0.2, 0) is 29.9 Å². The molecule has 0 fully saturated rings. The van der Waals surface area contributed by atoms with Crippen molar-refractivity contribution in [3.63, 3.8) is 0 Å². The summed E-state index contributed by atoms with van der Waals surface area (Å²) in [5, 5.41) is 20.2. The van der Waals surface area contributed by atoms with E-state index in [0.717, 1.165) is 5.56 Å². The molecular formula is C16H22NO8P. The molecule has 0 aliphatic rings. The Labute approximate surface area is 150 Å². The number of benzene rings is 1. The standard InChI is InChI=1S/C16H22NO8P/c1-11(18)17-14-5-2-12(3-6-14)8-9-25-26(23,24)10-13(16(21)22)4-7-15(19)20/h2-3,5-6,13H,4,7-10H2,1H3,(H,17,18)(H,19,20)(H,21,22)(H,23,24)/t13-/m1/s1. The molecule has 0 aliphatic heterocycles. The number of carboxylic acids is 2. The Morgan fingerprint density at radius 2 is 1.81 bits per heavy atom. The van der Waals surface area contributed by atoms with E-state index >= 15 is 0 Å². The molecule has 1 aromatic carbocycles. The molecule has 1 aromatic rings.